The van der Waals surface area contributed by atoms with E-state index in [1.165, 1.54) is 5.56 Å². The summed E-state index contributed by atoms with van der Waals surface area (Å²) in [7, 11) is 0. The van der Waals surface area contributed by atoms with Crippen LogP contribution in [0.4, 0.5) is 5.69 Å². The van der Waals surface area contributed by atoms with Crippen molar-refractivity contribution in [1.82, 2.24) is 9.97 Å². The van der Waals surface area contributed by atoms with Crippen LogP contribution < -0.4 is 10.5 Å². The van der Waals surface area contributed by atoms with E-state index in [1.807, 2.05) is 48.9 Å². The molecule has 5 heteroatoms. The Balaban J connectivity index is 1.25. The molecule has 5 nitrogen and oxygen atoms in total. The first-order valence-electron chi connectivity index (χ1n) is 10.1. The van der Waals surface area contributed by atoms with Crippen LogP contribution in [0, 0.1) is 0 Å². The highest BCUT2D eigenvalue weighted by molar-refractivity contribution is 5.86. The van der Waals surface area contributed by atoms with Gasteiger partial charge in [-0.1, -0.05) is 30.3 Å². The lowest BCUT2D eigenvalue weighted by atomic mass is 9.94. The van der Waals surface area contributed by atoms with E-state index >= 15 is 0 Å². The molecule has 2 atom stereocenters. The molecule has 30 heavy (non-hydrogen) atoms. The van der Waals surface area contributed by atoms with Gasteiger partial charge in [0.1, 0.15) is 12.4 Å². The average molecular weight is 394 g/mol. The average Bonchev–Trinajstić information content (AvgIpc) is 3.20. The zero-order chi connectivity index (χ0) is 20.3. The first kappa shape index (κ1) is 18.5. The van der Waals surface area contributed by atoms with Crippen LogP contribution in [0.25, 0.3) is 21.9 Å². The van der Waals surface area contributed by atoms with E-state index in [4.69, 9.17) is 10.5 Å². The van der Waals surface area contributed by atoms with Gasteiger partial charge in [-0.05, 0) is 47.2 Å². The summed E-state index contributed by atoms with van der Waals surface area (Å²) in [6.07, 6.45) is 10.0. The first-order valence-corrected chi connectivity index (χ1v) is 10.1. The third kappa shape index (κ3) is 3.80. The minimum absolute atomic E-state index is 0.0931. The monoisotopic (exact) mass is 394 g/mol. The Kier molecular flexibility index (Phi) is 4.95. The number of hydrogen-bond acceptors (Lipinski definition) is 5. The van der Waals surface area contributed by atoms with Crippen molar-refractivity contribution in [2.45, 2.75) is 18.4 Å². The molecule has 3 heterocycles. The predicted octanol–water partition coefficient (Wildman–Crippen LogP) is 4.89. The Morgan fingerprint density at radius 1 is 0.900 bits per heavy atom. The second kappa shape index (κ2) is 8.05. The molecule has 0 saturated carbocycles. The summed E-state index contributed by atoms with van der Waals surface area (Å²) in [6, 6.07) is 18.4. The number of rotatable bonds is 6. The molecule has 0 spiro atoms. The fourth-order valence-corrected chi connectivity index (χ4v) is 3.87. The third-order valence-electron chi connectivity index (χ3n) is 5.44. The SMILES string of the molecule is NC(COc1cncc(-c2ccc3cnccc3c2)c1)CC1C=Nc2ccccc21. The molecule has 2 aromatic heterocycles. The summed E-state index contributed by atoms with van der Waals surface area (Å²) in [6.45, 7) is 0.432. The van der Waals surface area contributed by atoms with Crippen LogP contribution in [0.3, 0.4) is 0 Å². The largest absolute Gasteiger partial charge is 0.490 e. The molecular weight excluding hydrogens is 372 g/mol. The Morgan fingerprint density at radius 3 is 2.80 bits per heavy atom. The van der Waals surface area contributed by atoms with Crippen molar-refractivity contribution in [1.29, 1.82) is 0 Å². The van der Waals surface area contributed by atoms with Crippen LogP contribution in [0.1, 0.15) is 17.9 Å². The van der Waals surface area contributed by atoms with Crippen LogP contribution in [-0.2, 0) is 0 Å². The van der Waals surface area contributed by atoms with E-state index in [1.54, 1.807) is 12.4 Å². The van der Waals surface area contributed by atoms with Gasteiger partial charge >= 0.3 is 0 Å². The van der Waals surface area contributed by atoms with Gasteiger partial charge in [-0.25, -0.2) is 0 Å². The summed E-state index contributed by atoms with van der Waals surface area (Å²) < 4.78 is 5.97. The molecule has 1 aliphatic heterocycles. The van der Waals surface area contributed by atoms with E-state index in [-0.39, 0.29) is 12.0 Å². The van der Waals surface area contributed by atoms with Gasteiger partial charge in [0.05, 0.1) is 11.9 Å². The van der Waals surface area contributed by atoms with Gasteiger partial charge in [0, 0.05) is 47.7 Å². The maximum Gasteiger partial charge on any atom is 0.138 e. The van der Waals surface area contributed by atoms with Gasteiger partial charge in [-0.2, -0.15) is 0 Å². The zero-order valence-electron chi connectivity index (χ0n) is 16.5. The maximum absolute atomic E-state index is 6.36. The van der Waals surface area contributed by atoms with E-state index in [0.29, 0.717) is 6.61 Å². The summed E-state index contributed by atoms with van der Waals surface area (Å²) in [4.78, 5) is 13.0. The van der Waals surface area contributed by atoms with Crippen LogP contribution in [0.2, 0.25) is 0 Å². The number of nitrogens with zero attached hydrogens (tertiary/aromatic N) is 3. The van der Waals surface area contributed by atoms with Crippen molar-refractivity contribution in [2.75, 3.05) is 6.61 Å². The minimum atomic E-state index is -0.0931. The standard InChI is InChI=1S/C25H22N4O/c26-22(10-21-14-29-25-4-2-1-3-24(21)25)16-30-23-11-20(13-28-15-23)17-5-6-19-12-27-8-7-18(19)9-17/h1-9,11-15,21-22H,10,16,26H2. The highest BCUT2D eigenvalue weighted by Gasteiger charge is 2.21. The van der Waals surface area contributed by atoms with Crippen LogP contribution >= 0.6 is 0 Å². The summed E-state index contributed by atoms with van der Waals surface area (Å²) in [5.74, 6) is 0.967. The van der Waals surface area contributed by atoms with E-state index in [9.17, 15) is 0 Å². The molecule has 0 fully saturated rings. The molecule has 2 unspecified atom stereocenters. The lowest BCUT2D eigenvalue weighted by Gasteiger charge is -2.17. The molecule has 148 valence electrons. The van der Waals surface area contributed by atoms with Gasteiger partial charge in [0.15, 0.2) is 0 Å². The topological polar surface area (TPSA) is 73.4 Å². The van der Waals surface area contributed by atoms with Crippen molar-refractivity contribution >= 4 is 22.7 Å². The van der Waals surface area contributed by atoms with E-state index in [0.717, 1.165) is 39.8 Å². The summed E-state index contributed by atoms with van der Waals surface area (Å²) >= 11 is 0. The molecule has 2 N–H and O–H groups in total. The van der Waals surface area contributed by atoms with Gasteiger partial charge in [0.25, 0.3) is 0 Å². The predicted molar refractivity (Wildman–Crippen MR) is 120 cm³/mol. The lowest BCUT2D eigenvalue weighted by Crippen LogP contribution is -2.29. The van der Waals surface area contributed by atoms with Gasteiger partial charge in [-0.15, -0.1) is 0 Å². The van der Waals surface area contributed by atoms with Crippen molar-refractivity contribution in [3.8, 4) is 16.9 Å². The summed E-state index contributed by atoms with van der Waals surface area (Å²) in [5, 5.41) is 2.26. The molecule has 2 aromatic carbocycles. The molecule has 0 radical (unpaired) electrons. The fourth-order valence-electron chi connectivity index (χ4n) is 3.87. The van der Waals surface area contributed by atoms with E-state index < -0.39 is 0 Å². The minimum Gasteiger partial charge on any atom is -0.490 e. The number of pyridine rings is 2. The lowest BCUT2D eigenvalue weighted by molar-refractivity contribution is 0.280. The normalized spacial score (nSPS) is 15.8. The highest BCUT2D eigenvalue weighted by atomic mass is 16.5. The third-order valence-corrected chi connectivity index (χ3v) is 5.44. The Hall–Kier alpha value is -3.57. The Morgan fingerprint density at radius 2 is 1.83 bits per heavy atom. The smallest absolute Gasteiger partial charge is 0.138 e. The molecule has 0 aliphatic carbocycles. The number of hydrogen-bond donors (Lipinski definition) is 1. The molecule has 0 saturated heterocycles. The first-order chi connectivity index (χ1) is 14.8. The van der Waals surface area contributed by atoms with Crippen LogP contribution in [0.15, 0.2) is 84.4 Å². The van der Waals surface area contributed by atoms with Crippen LogP contribution in [0.5, 0.6) is 5.75 Å². The van der Waals surface area contributed by atoms with Gasteiger partial charge in [-0.3, -0.25) is 15.0 Å². The Bertz CT molecular complexity index is 1220. The molecule has 0 bridgehead atoms. The van der Waals surface area contributed by atoms with Crippen LogP contribution in [-0.4, -0.2) is 28.8 Å². The second-order valence-electron chi connectivity index (χ2n) is 7.60. The number of ether oxygens (including phenoxy) is 1. The van der Waals surface area contributed by atoms with Crippen molar-refractivity contribution in [2.24, 2.45) is 10.7 Å². The van der Waals surface area contributed by atoms with Crippen molar-refractivity contribution in [3.63, 3.8) is 0 Å². The molecule has 4 aromatic rings. The number of aliphatic imine (C=N–C) groups is 1. The number of para-hydroxylation sites is 1. The molecule has 0 amide bonds. The van der Waals surface area contributed by atoms with Crippen molar-refractivity contribution < 1.29 is 4.74 Å². The Labute approximate surface area is 175 Å². The zero-order valence-corrected chi connectivity index (χ0v) is 16.5. The van der Waals surface area contributed by atoms with Crippen molar-refractivity contribution in [3.05, 3.63) is 84.9 Å². The molecule has 1 aliphatic rings. The number of nitrogens with two attached hydrogens (primary N) is 1. The second-order valence-corrected chi connectivity index (χ2v) is 7.60. The number of benzene rings is 2. The number of fused-ring (bicyclic) bond motifs is 2. The molecule has 5 rings (SSSR count). The molecular formula is C25H22N4O. The maximum atomic E-state index is 6.36. The summed E-state index contributed by atoms with van der Waals surface area (Å²) in [5.41, 5.74) is 10.7. The number of aromatic nitrogens is 2. The van der Waals surface area contributed by atoms with E-state index in [2.05, 4.69) is 39.2 Å². The van der Waals surface area contributed by atoms with Gasteiger partial charge < -0.3 is 10.5 Å². The van der Waals surface area contributed by atoms with Gasteiger partial charge in [0.2, 0.25) is 0 Å². The quantitative estimate of drug-likeness (QED) is 0.505. The highest BCUT2D eigenvalue weighted by Crippen LogP contribution is 2.34. The fraction of sp³-hybridized carbons (Fsp3) is 0.160.